The third-order valence-corrected chi connectivity index (χ3v) is 7.64. The van der Waals surface area contributed by atoms with Crippen molar-refractivity contribution in [1.29, 1.82) is 0 Å². The summed E-state index contributed by atoms with van der Waals surface area (Å²) in [5.74, 6) is -0.296. The zero-order chi connectivity index (χ0) is 27.7. The average molecular weight is 552 g/mol. The van der Waals surface area contributed by atoms with Crippen LogP contribution in [0.25, 0.3) is 11.0 Å². The van der Waals surface area contributed by atoms with Crippen molar-refractivity contribution >= 4 is 30.6 Å². The molecular formula is C24H31FN5O7P. The lowest BCUT2D eigenvalue weighted by Crippen LogP contribution is -2.40. The number of anilines is 1. The highest BCUT2D eigenvalue weighted by atomic mass is 31.2. The van der Waals surface area contributed by atoms with Crippen LogP contribution in [-0.2, 0) is 23.4 Å². The lowest BCUT2D eigenvalue weighted by atomic mass is 9.91. The van der Waals surface area contributed by atoms with Crippen molar-refractivity contribution in [3.05, 3.63) is 48.4 Å². The third-order valence-electron chi connectivity index (χ3n) is 5.99. The predicted octanol–water partition coefficient (Wildman–Crippen LogP) is 3.20. The highest BCUT2D eigenvalue weighted by Gasteiger charge is 2.55. The Hall–Kier alpha value is -3.09. The summed E-state index contributed by atoms with van der Waals surface area (Å²) >= 11 is 0. The molecule has 0 amide bonds. The zero-order valence-electron chi connectivity index (χ0n) is 21.3. The number of hydrogen-bond acceptors (Lipinski definition) is 10. The van der Waals surface area contributed by atoms with Crippen molar-refractivity contribution in [1.82, 2.24) is 20.0 Å². The molecule has 1 aliphatic heterocycles. The van der Waals surface area contributed by atoms with Crippen LogP contribution in [0.2, 0.25) is 0 Å². The second kappa shape index (κ2) is 11.0. The van der Waals surface area contributed by atoms with Crippen LogP contribution in [0.5, 0.6) is 5.75 Å². The molecular weight excluding hydrogens is 520 g/mol. The minimum atomic E-state index is -4.25. The number of nitrogens with one attached hydrogen (secondary N) is 2. The fourth-order valence-corrected chi connectivity index (χ4v) is 5.60. The zero-order valence-corrected chi connectivity index (χ0v) is 22.2. The van der Waals surface area contributed by atoms with Crippen LogP contribution in [0.3, 0.4) is 0 Å². The predicted molar refractivity (Wildman–Crippen MR) is 136 cm³/mol. The van der Waals surface area contributed by atoms with E-state index in [1.165, 1.54) is 26.4 Å². The van der Waals surface area contributed by atoms with Gasteiger partial charge in [-0.3, -0.25) is 9.32 Å². The van der Waals surface area contributed by atoms with Gasteiger partial charge in [0.1, 0.15) is 41.9 Å². The largest absolute Gasteiger partial charge is 0.462 e. The lowest BCUT2D eigenvalue weighted by molar-refractivity contribution is -0.149. The number of H-pyrrole nitrogens is 1. The molecule has 0 spiro atoms. The number of ether oxygens (including phenoxy) is 2. The minimum absolute atomic E-state index is 0.176. The van der Waals surface area contributed by atoms with E-state index in [4.69, 9.17) is 24.3 Å². The van der Waals surface area contributed by atoms with E-state index in [0.29, 0.717) is 16.6 Å². The Morgan fingerprint density at radius 3 is 2.71 bits per heavy atom. The van der Waals surface area contributed by atoms with Crippen molar-refractivity contribution in [2.45, 2.75) is 63.8 Å². The van der Waals surface area contributed by atoms with E-state index in [0.717, 1.165) is 0 Å². The van der Waals surface area contributed by atoms with Crippen LogP contribution in [0.1, 0.15) is 39.4 Å². The topological polar surface area (TPSA) is 171 Å². The first-order valence-corrected chi connectivity index (χ1v) is 13.5. The van der Waals surface area contributed by atoms with Crippen LogP contribution < -0.4 is 15.3 Å². The van der Waals surface area contributed by atoms with Crippen molar-refractivity contribution in [3.8, 4) is 5.75 Å². The SMILES string of the molecule is CC(C)OC(=O)C(C)NP(=O)(OCC1OC(c2c[nH]c3c(N)ncnc23)C(C)(F)C1O)Oc1ccccc1. The molecule has 6 unspecified atom stereocenters. The van der Waals surface area contributed by atoms with Gasteiger partial charge in [0.25, 0.3) is 0 Å². The summed E-state index contributed by atoms with van der Waals surface area (Å²) < 4.78 is 51.7. The Balaban J connectivity index is 1.54. The van der Waals surface area contributed by atoms with Crippen LogP contribution in [0.4, 0.5) is 10.2 Å². The Kier molecular flexibility index (Phi) is 8.05. The number of aliphatic hydroxyl groups excluding tert-OH is 1. The molecule has 1 saturated heterocycles. The molecule has 38 heavy (non-hydrogen) atoms. The number of nitrogen functional groups attached to an aromatic ring is 1. The molecule has 4 rings (SSSR count). The van der Waals surface area contributed by atoms with Crippen molar-refractivity contribution in [2.24, 2.45) is 0 Å². The number of para-hydroxylation sites is 1. The first-order valence-electron chi connectivity index (χ1n) is 12.0. The fourth-order valence-electron chi connectivity index (χ4n) is 4.09. The first-order chi connectivity index (χ1) is 17.9. The van der Waals surface area contributed by atoms with Gasteiger partial charge < -0.3 is 29.8 Å². The normalized spacial score (nSPS) is 25.8. The molecule has 0 radical (unpaired) electrons. The van der Waals surface area contributed by atoms with Gasteiger partial charge in [-0.15, -0.1) is 0 Å². The third kappa shape index (κ3) is 5.82. The summed E-state index contributed by atoms with van der Waals surface area (Å²) in [6.07, 6.45) is -1.83. The van der Waals surface area contributed by atoms with Gasteiger partial charge in [-0.1, -0.05) is 18.2 Å². The van der Waals surface area contributed by atoms with E-state index in [-0.39, 0.29) is 11.6 Å². The van der Waals surface area contributed by atoms with Crippen molar-refractivity contribution in [2.75, 3.05) is 12.3 Å². The molecule has 1 aromatic carbocycles. The molecule has 0 bridgehead atoms. The summed E-state index contributed by atoms with van der Waals surface area (Å²) in [4.78, 5) is 23.3. The quantitative estimate of drug-likeness (QED) is 0.215. The highest BCUT2D eigenvalue weighted by molar-refractivity contribution is 7.52. The van der Waals surface area contributed by atoms with Crippen LogP contribution in [-0.4, -0.2) is 62.7 Å². The summed E-state index contributed by atoms with van der Waals surface area (Å²) in [5, 5.41) is 13.3. The summed E-state index contributed by atoms with van der Waals surface area (Å²) in [6, 6.07) is 7.09. The van der Waals surface area contributed by atoms with E-state index in [9.17, 15) is 14.5 Å². The van der Waals surface area contributed by atoms with Crippen LogP contribution in [0, 0.1) is 0 Å². The molecule has 6 atom stereocenters. The molecule has 3 heterocycles. The number of aromatic amines is 1. The molecule has 12 nitrogen and oxygen atoms in total. The number of benzene rings is 1. The number of esters is 1. The van der Waals surface area contributed by atoms with E-state index < -0.39 is 56.4 Å². The van der Waals surface area contributed by atoms with Gasteiger partial charge in [0.05, 0.1) is 18.2 Å². The average Bonchev–Trinajstić information content (AvgIpc) is 3.37. The van der Waals surface area contributed by atoms with E-state index in [2.05, 4.69) is 20.0 Å². The fraction of sp³-hybridized carbons (Fsp3) is 0.458. The Labute approximate surface area is 218 Å². The molecule has 2 aromatic heterocycles. The molecule has 0 aliphatic carbocycles. The number of nitrogens with zero attached hydrogens (tertiary/aromatic N) is 2. The van der Waals surface area contributed by atoms with Gasteiger partial charge in [-0.2, -0.15) is 5.09 Å². The number of carbonyl (C=O) groups excluding carboxylic acids is 1. The lowest BCUT2D eigenvalue weighted by Gasteiger charge is -2.25. The molecule has 0 saturated carbocycles. The summed E-state index contributed by atoms with van der Waals surface area (Å²) in [6.45, 7) is 5.46. The van der Waals surface area contributed by atoms with E-state index in [1.807, 2.05) is 0 Å². The van der Waals surface area contributed by atoms with E-state index >= 15 is 4.39 Å². The molecule has 1 fully saturated rings. The van der Waals surface area contributed by atoms with Crippen LogP contribution >= 0.6 is 7.75 Å². The molecule has 3 aromatic rings. The highest BCUT2D eigenvalue weighted by Crippen LogP contribution is 2.49. The summed E-state index contributed by atoms with van der Waals surface area (Å²) in [7, 11) is -4.25. The first kappa shape index (κ1) is 27.9. The second-order valence-corrected chi connectivity index (χ2v) is 11.1. The monoisotopic (exact) mass is 551 g/mol. The number of fused-ring (bicyclic) bond motifs is 1. The molecule has 14 heteroatoms. The summed E-state index contributed by atoms with van der Waals surface area (Å²) in [5.41, 5.74) is 4.67. The van der Waals surface area contributed by atoms with E-state index in [1.54, 1.807) is 44.2 Å². The number of nitrogens with two attached hydrogens (primary N) is 1. The molecule has 1 aliphatic rings. The molecule has 206 valence electrons. The number of alkyl halides is 1. The van der Waals surface area contributed by atoms with Crippen LogP contribution in [0.15, 0.2) is 42.9 Å². The number of halogens is 1. The Morgan fingerprint density at radius 1 is 1.32 bits per heavy atom. The second-order valence-electron chi connectivity index (χ2n) is 9.41. The van der Waals surface area contributed by atoms with Gasteiger partial charge in [0.2, 0.25) is 0 Å². The maximum Gasteiger partial charge on any atom is 0.459 e. The number of rotatable bonds is 10. The number of aliphatic hydroxyl groups is 1. The van der Waals surface area contributed by atoms with Gasteiger partial charge in [0.15, 0.2) is 11.5 Å². The maximum atomic E-state index is 15.8. The van der Waals surface area contributed by atoms with Crippen molar-refractivity contribution < 1.29 is 37.4 Å². The number of hydrogen-bond donors (Lipinski definition) is 4. The smallest absolute Gasteiger partial charge is 0.459 e. The number of carbonyl (C=O) groups is 1. The Bertz CT molecular complexity index is 1320. The van der Waals surface area contributed by atoms with Crippen molar-refractivity contribution in [3.63, 3.8) is 0 Å². The molecule has 5 N–H and O–H groups in total. The minimum Gasteiger partial charge on any atom is -0.462 e. The standard InChI is InChI=1S/C24H31FN5O7P/c1-13(2)35-23(32)14(3)30-38(33,37-15-8-6-5-7-9-15)34-11-17-20(31)24(4,25)21(36-17)16-10-27-19-18(16)28-12-29-22(19)26/h5-10,12-14,17,20-21,27,31H,11H2,1-4H3,(H,30,33)(H2,26,28,29). The van der Waals surface area contributed by atoms with Gasteiger partial charge in [-0.25, -0.2) is 18.9 Å². The van der Waals surface area contributed by atoms with Gasteiger partial charge >= 0.3 is 13.7 Å². The van der Waals surface area contributed by atoms with Gasteiger partial charge in [0, 0.05) is 11.8 Å². The number of aromatic nitrogens is 3. The van der Waals surface area contributed by atoms with Gasteiger partial charge in [-0.05, 0) is 39.8 Å². The maximum absolute atomic E-state index is 15.8. The Morgan fingerprint density at radius 2 is 2.03 bits per heavy atom.